The van der Waals surface area contributed by atoms with Crippen LogP contribution < -0.4 is 5.73 Å². The molecule has 1 saturated carbocycles. The number of alkyl halides is 2. The molecule has 1 aliphatic carbocycles. The van der Waals surface area contributed by atoms with E-state index in [1.165, 1.54) is 12.3 Å². The van der Waals surface area contributed by atoms with Crippen LogP contribution in [0.3, 0.4) is 0 Å². The summed E-state index contributed by atoms with van der Waals surface area (Å²) in [5.74, 6) is -3.40. The van der Waals surface area contributed by atoms with Gasteiger partial charge in [-0.25, -0.2) is 13.8 Å². The molecule has 18 heavy (non-hydrogen) atoms. The summed E-state index contributed by atoms with van der Waals surface area (Å²) in [6.07, 6.45) is 0.907. The van der Waals surface area contributed by atoms with Gasteiger partial charge in [-0.05, 0) is 18.9 Å². The fourth-order valence-corrected chi connectivity index (χ4v) is 2.87. The van der Waals surface area contributed by atoms with Gasteiger partial charge in [0.25, 0.3) is 0 Å². The van der Waals surface area contributed by atoms with Gasteiger partial charge in [-0.1, -0.05) is 11.6 Å². The number of nitrogens with zero attached hydrogens (tertiary/aromatic N) is 1. The van der Waals surface area contributed by atoms with Crippen LogP contribution >= 0.6 is 11.6 Å². The fourth-order valence-electron chi connectivity index (χ4n) is 2.54. The summed E-state index contributed by atoms with van der Waals surface area (Å²) in [5, 5.41) is 0.207. The number of rotatable bonds is 2. The zero-order chi connectivity index (χ0) is 13.4. The zero-order valence-corrected chi connectivity index (χ0v) is 10.5. The molecular weight excluding hydrogens is 265 g/mol. The molecule has 0 aromatic carbocycles. The van der Waals surface area contributed by atoms with E-state index < -0.39 is 17.3 Å². The van der Waals surface area contributed by atoms with E-state index in [1.807, 2.05) is 0 Å². The van der Waals surface area contributed by atoms with Gasteiger partial charge in [0.15, 0.2) is 0 Å². The lowest BCUT2D eigenvalue weighted by molar-refractivity contribution is -0.0513. The van der Waals surface area contributed by atoms with Gasteiger partial charge < -0.3 is 5.73 Å². The maximum Gasteiger partial charge on any atom is 0.248 e. The lowest BCUT2D eigenvalue weighted by Gasteiger charge is -2.40. The second kappa shape index (κ2) is 4.70. The Labute approximate surface area is 108 Å². The van der Waals surface area contributed by atoms with E-state index in [0.717, 1.165) is 0 Å². The monoisotopic (exact) mass is 278 g/mol. The first kappa shape index (κ1) is 13.6. The van der Waals surface area contributed by atoms with Crippen molar-refractivity contribution in [3.8, 4) is 0 Å². The maximum atomic E-state index is 13.8. The molecular formula is C12H14ClF3N2. The van der Waals surface area contributed by atoms with Crippen LogP contribution in [0, 0.1) is 5.95 Å². The minimum Gasteiger partial charge on any atom is -0.330 e. The predicted molar refractivity (Wildman–Crippen MR) is 63.4 cm³/mol. The average molecular weight is 279 g/mol. The summed E-state index contributed by atoms with van der Waals surface area (Å²) in [6.45, 7) is 0.0887. The van der Waals surface area contributed by atoms with Crippen molar-refractivity contribution in [1.82, 2.24) is 4.98 Å². The summed E-state index contributed by atoms with van der Waals surface area (Å²) in [7, 11) is 0. The first-order valence-electron chi connectivity index (χ1n) is 5.79. The molecule has 0 atom stereocenters. The van der Waals surface area contributed by atoms with Crippen molar-refractivity contribution in [1.29, 1.82) is 0 Å². The van der Waals surface area contributed by atoms with E-state index in [2.05, 4.69) is 4.98 Å². The van der Waals surface area contributed by atoms with Crippen LogP contribution in [0.2, 0.25) is 5.02 Å². The highest BCUT2D eigenvalue weighted by Crippen LogP contribution is 2.47. The Morgan fingerprint density at radius 2 is 1.89 bits per heavy atom. The van der Waals surface area contributed by atoms with Crippen molar-refractivity contribution in [3.05, 3.63) is 28.8 Å². The highest BCUT2D eigenvalue weighted by molar-refractivity contribution is 6.31. The third-order valence-electron chi connectivity index (χ3n) is 3.71. The molecule has 2 N–H and O–H groups in total. The van der Waals surface area contributed by atoms with Gasteiger partial charge >= 0.3 is 0 Å². The van der Waals surface area contributed by atoms with Crippen LogP contribution in [0.1, 0.15) is 31.2 Å². The first-order valence-corrected chi connectivity index (χ1v) is 6.16. The Morgan fingerprint density at radius 3 is 2.39 bits per heavy atom. The van der Waals surface area contributed by atoms with E-state index in [-0.39, 0.29) is 42.8 Å². The molecule has 0 bridgehead atoms. The molecule has 1 aliphatic rings. The lowest BCUT2D eigenvalue weighted by Crippen LogP contribution is -2.43. The van der Waals surface area contributed by atoms with Crippen molar-refractivity contribution in [2.24, 2.45) is 5.73 Å². The van der Waals surface area contributed by atoms with E-state index in [0.29, 0.717) is 0 Å². The van der Waals surface area contributed by atoms with Gasteiger partial charge in [0.1, 0.15) is 0 Å². The molecule has 0 spiro atoms. The normalized spacial score (nSPS) is 21.8. The van der Waals surface area contributed by atoms with Gasteiger partial charge in [-0.2, -0.15) is 4.39 Å². The third kappa shape index (κ3) is 2.34. The molecule has 0 radical (unpaired) electrons. The van der Waals surface area contributed by atoms with Gasteiger partial charge in [0, 0.05) is 36.6 Å². The number of pyridine rings is 1. The van der Waals surface area contributed by atoms with E-state index in [4.69, 9.17) is 17.3 Å². The lowest BCUT2D eigenvalue weighted by atomic mass is 9.68. The number of aromatic nitrogens is 1. The molecule has 6 heteroatoms. The Balaban J connectivity index is 2.40. The summed E-state index contributed by atoms with van der Waals surface area (Å²) in [4.78, 5) is 3.55. The minimum atomic E-state index is -2.69. The molecule has 2 rings (SSSR count). The van der Waals surface area contributed by atoms with Crippen molar-refractivity contribution in [2.45, 2.75) is 37.0 Å². The summed E-state index contributed by atoms with van der Waals surface area (Å²) in [5.41, 5.74) is 5.06. The topological polar surface area (TPSA) is 38.9 Å². The Hall–Kier alpha value is -0.810. The summed E-state index contributed by atoms with van der Waals surface area (Å²) >= 11 is 5.98. The van der Waals surface area contributed by atoms with E-state index in [1.54, 1.807) is 0 Å². The fraction of sp³-hybridized carbons (Fsp3) is 0.583. The molecule has 1 heterocycles. The van der Waals surface area contributed by atoms with Crippen LogP contribution in [-0.4, -0.2) is 17.5 Å². The van der Waals surface area contributed by atoms with E-state index >= 15 is 0 Å². The number of nitrogens with two attached hydrogens (primary N) is 1. The van der Waals surface area contributed by atoms with Crippen molar-refractivity contribution in [3.63, 3.8) is 0 Å². The van der Waals surface area contributed by atoms with E-state index in [9.17, 15) is 13.2 Å². The summed E-state index contributed by atoms with van der Waals surface area (Å²) in [6, 6.07) is 1.46. The Bertz CT molecular complexity index is 421. The molecule has 1 fully saturated rings. The molecule has 0 amide bonds. The second-order valence-corrected chi connectivity index (χ2v) is 5.21. The molecule has 2 nitrogen and oxygen atoms in total. The SMILES string of the molecule is NCC1(c2c(Cl)ccnc2F)CCC(F)(F)CC1. The van der Waals surface area contributed by atoms with Crippen LogP contribution in [0.25, 0.3) is 0 Å². The second-order valence-electron chi connectivity index (χ2n) is 4.80. The van der Waals surface area contributed by atoms with Crippen molar-refractivity contribution in [2.75, 3.05) is 6.54 Å². The van der Waals surface area contributed by atoms with Crippen molar-refractivity contribution < 1.29 is 13.2 Å². The molecule has 100 valence electrons. The van der Waals surface area contributed by atoms with Gasteiger partial charge in [0.2, 0.25) is 11.9 Å². The Morgan fingerprint density at radius 1 is 1.28 bits per heavy atom. The average Bonchev–Trinajstić information content (AvgIpc) is 2.31. The molecule has 0 aliphatic heterocycles. The van der Waals surface area contributed by atoms with Crippen LogP contribution in [-0.2, 0) is 5.41 Å². The minimum absolute atomic E-state index is 0.0887. The van der Waals surface area contributed by atoms with Crippen molar-refractivity contribution >= 4 is 11.6 Å². The molecule has 0 saturated heterocycles. The number of hydrogen-bond donors (Lipinski definition) is 1. The highest BCUT2D eigenvalue weighted by Gasteiger charge is 2.45. The zero-order valence-electron chi connectivity index (χ0n) is 9.73. The Kier molecular flexibility index (Phi) is 3.56. The highest BCUT2D eigenvalue weighted by atomic mass is 35.5. The number of halogens is 4. The predicted octanol–water partition coefficient (Wildman–Crippen LogP) is 3.28. The number of hydrogen-bond acceptors (Lipinski definition) is 2. The smallest absolute Gasteiger partial charge is 0.248 e. The third-order valence-corrected chi connectivity index (χ3v) is 4.03. The van der Waals surface area contributed by atoms with Gasteiger partial charge in [-0.15, -0.1) is 0 Å². The summed E-state index contributed by atoms with van der Waals surface area (Å²) < 4.78 is 40.3. The van der Waals surface area contributed by atoms with Crippen LogP contribution in [0.5, 0.6) is 0 Å². The first-order chi connectivity index (χ1) is 8.40. The van der Waals surface area contributed by atoms with Gasteiger partial charge in [0.05, 0.1) is 5.02 Å². The molecule has 1 aromatic rings. The standard InChI is InChI=1S/C12H14ClF3N2/c13-8-1-6-18-10(14)9(8)11(7-17)2-4-12(15,16)5-3-11/h1,6H,2-5,7,17H2. The quantitative estimate of drug-likeness (QED) is 0.843. The van der Waals surface area contributed by atoms with Crippen LogP contribution in [0.15, 0.2) is 12.3 Å². The molecule has 1 aromatic heterocycles. The van der Waals surface area contributed by atoms with Crippen LogP contribution in [0.4, 0.5) is 13.2 Å². The maximum absolute atomic E-state index is 13.8. The largest absolute Gasteiger partial charge is 0.330 e. The molecule has 0 unspecified atom stereocenters. The van der Waals surface area contributed by atoms with Gasteiger partial charge in [-0.3, -0.25) is 0 Å².